The topological polar surface area (TPSA) is 52.6 Å². The minimum absolute atomic E-state index is 0.487. The fourth-order valence-corrected chi connectivity index (χ4v) is 1.69. The van der Waals surface area contributed by atoms with Gasteiger partial charge in [0.15, 0.2) is 0 Å². The van der Waals surface area contributed by atoms with Crippen LogP contribution in [0.3, 0.4) is 0 Å². The molecule has 0 unspecified atom stereocenters. The molecular formula is C16H20O4. The second kappa shape index (κ2) is 7.48. The molecular weight excluding hydrogens is 256 g/mol. The molecule has 0 amide bonds. The standard InChI is InChI=1S/C16H20O4/c1-5-15(10-14-8-6-11(2)7-9-14)16(19-12(3)17)20-13(4)18/h6-10,16H,5H2,1-4H3. The third-order valence-electron chi connectivity index (χ3n) is 2.69. The number of carbonyl (C=O) groups is 2. The fraction of sp³-hybridized carbons (Fsp3) is 0.375. The molecule has 0 aliphatic rings. The van der Waals surface area contributed by atoms with Gasteiger partial charge in [0.25, 0.3) is 6.29 Å². The zero-order valence-electron chi connectivity index (χ0n) is 12.3. The van der Waals surface area contributed by atoms with Gasteiger partial charge in [-0.1, -0.05) is 36.8 Å². The number of esters is 2. The maximum Gasteiger partial charge on any atom is 0.305 e. The molecule has 0 spiro atoms. The van der Waals surface area contributed by atoms with Crippen molar-refractivity contribution in [2.75, 3.05) is 0 Å². The summed E-state index contributed by atoms with van der Waals surface area (Å²) in [7, 11) is 0. The molecule has 0 fully saturated rings. The van der Waals surface area contributed by atoms with E-state index in [1.165, 1.54) is 13.8 Å². The van der Waals surface area contributed by atoms with Gasteiger partial charge in [0.05, 0.1) is 0 Å². The first-order valence-electron chi connectivity index (χ1n) is 6.54. The van der Waals surface area contributed by atoms with Crippen molar-refractivity contribution in [3.63, 3.8) is 0 Å². The van der Waals surface area contributed by atoms with Crippen LogP contribution < -0.4 is 0 Å². The molecule has 1 rings (SSSR count). The minimum atomic E-state index is -0.962. The van der Waals surface area contributed by atoms with E-state index in [-0.39, 0.29) is 0 Å². The summed E-state index contributed by atoms with van der Waals surface area (Å²) in [6, 6.07) is 7.91. The summed E-state index contributed by atoms with van der Waals surface area (Å²) in [6.45, 7) is 6.50. The Hall–Kier alpha value is -2.10. The van der Waals surface area contributed by atoms with Crippen molar-refractivity contribution in [2.45, 2.75) is 40.4 Å². The van der Waals surface area contributed by atoms with E-state index >= 15 is 0 Å². The first-order chi connectivity index (χ1) is 9.42. The van der Waals surface area contributed by atoms with Crippen molar-refractivity contribution in [2.24, 2.45) is 0 Å². The molecule has 0 N–H and O–H groups in total. The van der Waals surface area contributed by atoms with Gasteiger partial charge in [-0.2, -0.15) is 0 Å². The van der Waals surface area contributed by atoms with E-state index < -0.39 is 18.2 Å². The van der Waals surface area contributed by atoms with Crippen LogP contribution in [-0.4, -0.2) is 18.2 Å². The Balaban J connectivity index is 3.01. The van der Waals surface area contributed by atoms with Crippen LogP contribution in [0.5, 0.6) is 0 Å². The second-order valence-electron chi connectivity index (χ2n) is 4.53. The molecule has 0 saturated carbocycles. The normalized spacial score (nSPS) is 11.3. The predicted octanol–water partition coefficient (Wildman–Crippen LogP) is 3.24. The first kappa shape index (κ1) is 16.0. The number of hydrogen-bond donors (Lipinski definition) is 0. The average molecular weight is 276 g/mol. The van der Waals surface area contributed by atoms with Crippen molar-refractivity contribution in [3.05, 3.63) is 41.0 Å². The summed E-state index contributed by atoms with van der Waals surface area (Å²) < 4.78 is 10.1. The zero-order chi connectivity index (χ0) is 15.1. The highest BCUT2D eigenvalue weighted by Crippen LogP contribution is 2.18. The Labute approximate surface area is 119 Å². The van der Waals surface area contributed by atoms with E-state index in [1.54, 1.807) is 0 Å². The third kappa shape index (κ3) is 5.26. The number of rotatable bonds is 5. The fourth-order valence-electron chi connectivity index (χ4n) is 1.69. The highest BCUT2D eigenvalue weighted by atomic mass is 16.7. The Morgan fingerprint density at radius 1 is 1.10 bits per heavy atom. The van der Waals surface area contributed by atoms with E-state index in [4.69, 9.17) is 9.47 Å². The van der Waals surface area contributed by atoms with E-state index in [9.17, 15) is 9.59 Å². The SMILES string of the molecule is CCC(=Cc1ccc(C)cc1)C(OC(C)=O)OC(C)=O. The number of ether oxygens (including phenoxy) is 2. The molecule has 0 heterocycles. The number of aryl methyl sites for hydroxylation is 1. The first-order valence-corrected chi connectivity index (χ1v) is 6.54. The molecule has 1 aromatic carbocycles. The molecule has 108 valence electrons. The Morgan fingerprint density at radius 2 is 1.60 bits per heavy atom. The number of hydrogen-bond acceptors (Lipinski definition) is 4. The smallest absolute Gasteiger partial charge is 0.305 e. The van der Waals surface area contributed by atoms with Crippen molar-refractivity contribution in [1.82, 2.24) is 0 Å². The molecule has 20 heavy (non-hydrogen) atoms. The van der Waals surface area contributed by atoms with Crippen LogP contribution in [0.15, 0.2) is 29.8 Å². The number of carbonyl (C=O) groups excluding carboxylic acids is 2. The van der Waals surface area contributed by atoms with E-state index in [0.29, 0.717) is 6.42 Å². The molecule has 0 bridgehead atoms. The lowest BCUT2D eigenvalue weighted by atomic mass is 10.1. The summed E-state index contributed by atoms with van der Waals surface area (Å²) in [5.74, 6) is -0.973. The maximum atomic E-state index is 11.1. The van der Waals surface area contributed by atoms with Crippen LogP contribution in [0.1, 0.15) is 38.3 Å². The van der Waals surface area contributed by atoms with Gasteiger partial charge in [-0.05, 0) is 25.0 Å². The lowest BCUT2D eigenvalue weighted by molar-refractivity contribution is -0.178. The van der Waals surface area contributed by atoms with Crippen LogP contribution in [-0.2, 0) is 19.1 Å². The van der Waals surface area contributed by atoms with Gasteiger partial charge in [-0.3, -0.25) is 9.59 Å². The van der Waals surface area contributed by atoms with Crippen LogP contribution >= 0.6 is 0 Å². The monoisotopic (exact) mass is 276 g/mol. The lowest BCUT2D eigenvalue weighted by Crippen LogP contribution is -2.24. The highest BCUT2D eigenvalue weighted by Gasteiger charge is 2.19. The summed E-state index contributed by atoms with van der Waals surface area (Å²) in [4.78, 5) is 22.2. The van der Waals surface area contributed by atoms with Gasteiger partial charge in [0.1, 0.15) is 0 Å². The maximum absolute atomic E-state index is 11.1. The average Bonchev–Trinajstić information content (AvgIpc) is 2.36. The summed E-state index contributed by atoms with van der Waals surface area (Å²) in [5, 5.41) is 0. The third-order valence-corrected chi connectivity index (χ3v) is 2.69. The van der Waals surface area contributed by atoms with Crippen molar-refractivity contribution < 1.29 is 19.1 Å². The lowest BCUT2D eigenvalue weighted by Gasteiger charge is -2.19. The van der Waals surface area contributed by atoms with Crippen LogP contribution in [0.4, 0.5) is 0 Å². The molecule has 0 radical (unpaired) electrons. The van der Waals surface area contributed by atoms with Crippen molar-refractivity contribution in [3.8, 4) is 0 Å². The van der Waals surface area contributed by atoms with Gasteiger partial charge < -0.3 is 9.47 Å². The Kier molecular flexibility index (Phi) is 5.97. The van der Waals surface area contributed by atoms with E-state index in [1.807, 2.05) is 44.2 Å². The van der Waals surface area contributed by atoms with Gasteiger partial charge in [0.2, 0.25) is 0 Å². The minimum Gasteiger partial charge on any atom is -0.421 e. The van der Waals surface area contributed by atoms with Crippen LogP contribution in [0.2, 0.25) is 0 Å². The molecule has 0 atom stereocenters. The second-order valence-corrected chi connectivity index (χ2v) is 4.53. The van der Waals surface area contributed by atoms with Gasteiger partial charge in [-0.15, -0.1) is 0 Å². The molecule has 0 aliphatic carbocycles. The van der Waals surface area contributed by atoms with Crippen molar-refractivity contribution in [1.29, 1.82) is 0 Å². The molecule has 0 saturated heterocycles. The van der Waals surface area contributed by atoms with Crippen LogP contribution in [0.25, 0.3) is 6.08 Å². The summed E-state index contributed by atoms with van der Waals surface area (Å²) >= 11 is 0. The summed E-state index contributed by atoms with van der Waals surface area (Å²) in [5.41, 5.74) is 2.87. The predicted molar refractivity (Wildman–Crippen MR) is 76.8 cm³/mol. The Bertz CT molecular complexity index is 484. The van der Waals surface area contributed by atoms with Gasteiger partial charge >= 0.3 is 11.9 Å². The van der Waals surface area contributed by atoms with Gasteiger partial charge in [-0.25, -0.2) is 0 Å². The largest absolute Gasteiger partial charge is 0.421 e. The quantitative estimate of drug-likeness (QED) is 0.612. The Morgan fingerprint density at radius 3 is 2.00 bits per heavy atom. The molecule has 4 nitrogen and oxygen atoms in total. The van der Waals surface area contributed by atoms with Crippen molar-refractivity contribution >= 4 is 18.0 Å². The molecule has 1 aromatic rings. The highest BCUT2D eigenvalue weighted by molar-refractivity contribution is 5.69. The zero-order valence-corrected chi connectivity index (χ0v) is 12.3. The van der Waals surface area contributed by atoms with E-state index in [2.05, 4.69) is 0 Å². The molecule has 4 heteroatoms. The van der Waals surface area contributed by atoms with Gasteiger partial charge in [0, 0.05) is 19.4 Å². The molecule has 0 aromatic heterocycles. The number of benzene rings is 1. The summed E-state index contributed by atoms with van der Waals surface area (Å²) in [6.07, 6.45) is 1.52. The van der Waals surface area contributed by atoms with E-state index in [0.717, 1.165) is 16.7 Å². The molecule has 0 aliphatic heterocycles. The van der Waals surface area contributed by atoms with Crippen LogP contribution in [0, 0.1) is 6.92 Å².